The van der Waals surface area contributed by atoms with Crippen LogP contribution in [-0.4, -0.2) is 25.7 Å². The van der Waals surface area contributed by atoms with Crippen LogP contribution >= 0.6 is 23.2 Å². The van der Waals surface area contributed by atoms with Crippen LogP contribution in [0.25, 0.3) is 0 Å². The maximum absolute atomic E-state index is 11.4. The monoisotopic (exact) mass is 289 g/mol. The van der Waals surface area contributed by atoms with Crippen LogP contribution in [-0.2, 0) is 9.53 Å². The predicted octanol–water partition coefficient (Wildman–Crippen LogP) is 2.65. The molecule has 0 atom stereocenters. The molecule has 18 heavy (non-hydrogen) atoms. The highest BCUT2D eigenvalue weighted by atomic mass is 35.5. The van der Waals surface area contributed by atoms with Crippen molar-refractivity contribution in [2.75, 3.05) is 19.8 Å². The van der Waals surface area contributed by atoms with E-state index in [1.54, 1.807) is 18.2 Å². The Balaban J connectivity index is 2.31. The Hall–Kier alpha value is -1.39. The zero-order chi connectivity index (χ0) is 13.4. The Morgan fingerprint density at radius 3 is 2.89 bits per heavy atom. The molecule has 1 amide bonds. The smallest absolute Gasteiger partial charge is 0.258 e. The molecular weight excluding hydrogens is 277 g/mol. The number of ether oxygens (including phenoxy) is 2. The molecular formula is C12H13Cl2NO3. The van der Waals surface area contributed by atoms with Gasteiger partial charge in [0, 0.05) is 5.02 Å². The average Bonchev–Trinajstić information content (AvgIpc) is 2.33. The molecule has 0 aliphatic rings. The van der Waals surface area contributed by atoms with Crippen LogP contribution in [0.3, 0.4) is 0 Å². The lowest BCUT2D eigenvalue weighted by Gasteiger charge is -2.08. The van der Waals surface area contributed by atoms with Crippen molar-refractivity contribution in [2.45, 2.75) is 0 Å². The molecule has 0 aliphatic heterocycles. The highest BCUT2D eigenvalue weighted by molar-refractivity contribution is 6.35. The Morgan fingerprint density at radius 1 is 1.44 bits per heavy atom. The lowest BCUT2D eigenvalue weighted by Crippen LogP contribution is -2.31. The molecule has 0 heterocycles. The van der Waals surface area contributed by atoms with Crippen molar-refractivity contribution in [1.82, 2.24) is 5.32 Å². The fourth-order valence-electron chi connectivity index (χ4n) is 1.12. The number of hydrogen-bond donors (Lipinski definition) is 1. The van der Waals surface area contributed by atoms with E-state index in [4.69, 9.17) is 32.7 Å². The summed E-state index contributed by atoms with van der Waals surface area (Å²) >= 11 is 11.6. The first-order chi connectivity index (χ1) is 8.63. The van der Waals surface area contributed by atoms with E-state index < -0.39 is 0 Å². The van der Waals surface area contributed by atoms with Gasteiger partial charge in [0.15, 0.2) is 6.61 Å². The number of hydrogen-bond acceptors (Lipinski definition) is 3. The molecule has 1 aromatic rings. The second-order valence-corrected chi connectivity index (χ2v) is 4.09. The highest BCUT2D eigenvalue weighted by Gasteiger charge is 2.05. The van der Waals surface area contributed by atoms with Crippen molar-refractivity contribution < 1.29 is 14.3 Å². The third-order valence-electron chi connectivity index (χ3n) is 1.91. The number of carbonyl (C=O) groups is 1. The van der Waals surface area contributed by atoms with Gasteiger partial charge < -0.3 is 14.8 Å². The maximum Gasteiger partial charge on any atom is 0.258 e. The van der Waals surface area contributed by atoms with Crippen molar-refractivity contribution >= 4 is 29.1 Å². The summed E-state index contributed by atoms with van der Waals surface area (Å²) in [6.07, 6.45) is 1.32. The number of rotatable bonds is 7. The maximum atomic E-state index is 11.4. The van der Waals surface area contributed by atoms with Crippen LogP contribution < -0.4 is 10.1 Å². The van der Waals surface area contributed by atoms with Gasteiger partial charge in [-0.3, -0.25) is 4.79 Å². The van der Waals surface area contributed by atoms with E-state index in [2.05, 4.69) is 11.9 Å². The molecule has 6 heteroatoms. The van der Waals surface area contributed by atoms with Crippen molar-refractivity contribution in [3.63, 3.8) is 0 Å². The van der Waals surface area contributed by atoms with Gasteiger partial charge in [-0.1, -0.05) is 29.8 Å². The second-order valence-electron chi connectivity index (χ2n) is 3.25. The molecule has 0 radical (unpaired) electrons. The first-order valence-corrected chi connectivity index (χ1v) is 5.96. The van der Waals surface area contributed by atoms with E-state index in [1.165, 1.54) is 6.26 Å². The summed E-state index contributed by atoms with van der Waals surface area (Å²) in [4.78, 5) is 11.4. The molecule has 0 saturated heterocycles. The molecule has 0 aromatic heterocycles. The third kappa shape index (κ3) is 5.29. The second kappa shape index (κ2) is 7.84. The average molecular weight is 290 g/mol. The van der Waals surface area contributed by atoms with Gasteiger partial charge in [-0.25, -0.2) is 0 Å². The fraction of sp³-hybridized carbons (Fsp3) is 0.250. The zero-order valence-corrected chi connectivity index (χ0v) is 11.1. The van der Waals surface area contributed by atoms with Crippen LogP contribution in [0.1, 0.15) is 0 Å². The summed E-state index contributed by atoms with van der Waals surface area (Å²) in [6.45, 7) is 4.03. The highest BCUT2D eigenvalue weighted by Crippen LogP contribution is 2.27. The van der Waals surface area contributed by atoms with Crippen LogP contribution in [0.15, 0.2) is 31.0 Å². The van der Waals surface area contributed by atoms with E-state index in [0.29, 0.717) is 28.9 Å². The van der Waals surface area contributed by atoms with Gasteiger partial charge in [0.05, 0.1) is 17.8 Å². The van der Waals surface area contributed by atoms with Crippen molar-refractivity contribution in [3.05, 3.63) is 41.1 Å². The molecule has 98 valence electrons. The van der Waals surface area contributed by atoms with Gasteiger partial charge in [0.2, 0.25) is 0 Å². The summed E-state index contributed by atoms with van der Waals surface area (Å²) in [5.74, 6) is 0.159. The topological polar surface area (TPSA) is 47.6 Å². The van der Waals surface area contributed by atoms with Crippen molar-refractivity contribution in [1.29, 1.82) is 0 Å². The molecule has 4 nitrogen and oxygen atoms in total. The molecule has 0 fully saturated rings. The Morgan fingerprint density at radius 2 is 2.22 bits per heavy atom. The fourth-order valence-corrected chi connectivity index (χ4v) is 1.58. The Kier molecular flexibility index (Phi) is 6.39. The summed E-state index contributed by atoms with van der Waals surface area (Å²) < 4.78 is 10.1. The van der Waals surface area contributed by atoms with Gasteiger partial charge in [-0.05, 0) is 18.2 Å². The Bertz CT molecular complexity index is 424. The summed E-state index contributed by atoms with van der Waals surface area (Å²) in [7, 11) is 0. The van der Waals surface area contributed by atoms with Crippen LogP contribution in [0.4, 0.5) is 0 Å². The SMILES string of the molecule is C=COCCNC(=O)COc1ccc(Cl)cc1Cl. The Labute approximate surface area is 115 Å². The number of carbonyl (C=O) groups excluding carboxylic acids is 1. The normalized spacial score (nSPS) is 9.67. The molecule has 0 unspecified atom stereocenters. The van der Waals surface area contributed by atoms with Crippen molar-refractivity contribution in [3.8, 4) is 5.75 Å². The summed E-state index contributed by atoms with van der Waals surface area (Å²) in [5.41, 5.74) is 0. The van der Waals surface area contributed by atoms with E-state index in [-0.39, 0.29) is 12.5 Å². The molecule has 0 saturated carbocycles. The van der Waals surface area contributed by atoms with E-state index in [0.717, 1.165) is 0 Å². The number of amides is 1. The first kappa shape index (κ1) is 14.7. The van der Waals surface area contributed by atoms with Gasteiger partial charge in [0.25, 0.3) is 5.91 Å². The van der Waals surface area contributed by atoms with E-state index in [1.807, 2.05) is 0 Å². The largest absolute Gasteiger partial charge is 0.500 e. The lowest BCUT2D eigenvalue weighted by atomic mass is 10.3. The van der Waals surface area contributed by atoms with Gasteiger partial charge in [0.1, 0.15) is 12.4 Å². The summed E-state index contributed by atoms with van der Waals surface area (Å²) in [5, 5.41) is 3.49. The van der Waals surface area contributed by atoms with Crippen LogP contribution in [0, 0.1) is 0 Å². The van der Waals surface area contributed by atoms with Gasteiger partial charge >= 0.3 is 0 Å². The molecule has 1 rings (SSSR count). The van der Waals surface area contributed by atoms with E-state index >= 15 is 0 Å². The zero-order valence-electron chi connectivity index (χ0n) is 9.62. The molecule has 0 bridgehead atoms. The van der Waals surface area contributed by atoms with Crippen LogP contribution in [0.5, 0.6) is 5.75 Å². The minimum Gasteiger partial charge on any atom is -0.500 e. The summed E-state index contributed by atoms with van der Waals surface area (Å²) in [6, 6.07) is 4.80. The standard InChI is InChI=1S/C12H13Cl2NO3/c1-2-17-6-5-15-12(16)8-18-11-4-3-9(13)7-10(11)14/h2-4,7H,1,5-6,8H2,(H,15,16). The van der Waals surface area contributed by atoms with Crippen molar-refractivity contribution in [2.24, 2.45) is 0 Å². The quantitative estimate of drug-likeness (QED) is 0.620. The van der Waals surface area contributed by atoms with Crippen LogP contribution in [0.2, 0.25) is 10.0 Å². The first-order valence-electron chi connectivity index (χ1n) is 5.20. The minimum absolute atomic E-state index is 0.116. The number of benzene rings is 1. The predicted molar refractivity (Wildman–Crippen MR) is 71.1 cm³/mol. The number of nitrogens with one attached hydrogen (secondary N) is 1. The lowest BCUT2D eigenvalue weighted by molar-refractivity contribution is -0.123. The minimum atomic E-state index is -0.256. The molecule has 0 aliphatic carbocycles. The number of halogens is 2. The molecule has 1 aromatic carbocycles. The third-order valence-corrected chi connectivity index (χ3v) is 2.44. The van der Waals surface area contributed by atoms with Gasteiger partial charge in [-0.15, -0.1) is 0 Å². The molecule has 0 spiro atoms. The van der Waals surface area contributed by atoms with Gasteiger partial charge in [-0.2, -0.15) is 0 Å². The van der Waals surface area contributed by atoms with E-state index in [9.17, 15) is 4.79 Å². The molecule has 1 N–H and O–H groups in total.